The van der Waals surface area contributed by atoms with E-state index in [1.54, 1.807) is 42.8 Å². The monoisotopic (exact) mass is 334 g/mol. The van der Waals surface area contributed by atoms with E-state index in [-0.39, 0.29) is 18.2 Å². The summed E-state index contributed by atoms with van der Waals surface area (Å²) in [5, 5.41) is 0. The van der Waals surface area contributed by atoms with Crippen LogP contribution in [0.5, 0.6) is 0 Å². The molecule has 0 radical (unpaired) electrons. The number of aromatic nitrogens is 1. The van der Waals surface area contributed by atoms with E-state index in [0.717, 1.165) is 25.7 Å². The van der Waals surface area contributed by atoms with Crippen LogP contribution >= 0.6 is 0 Å². The Hall–Kier alpha value is -1.82. The topological polar surface area (TPSA) is 63.4 Å². The molecule has 0 spiro atoms. The average Bonchev–Trinajstić information content (AvgIpc) is 3.07. The third-order valence-electron chi connectivity index (χ3n) is 4.29. The Kier molecular flexibility index (Phi) is 5.00. The van der Waals surface area contributed by atoms with Crippen molar-refractivity contribution in [3.05, 3.63) is 48.6 Å². The van der Waals surface area contributed by atoms with Gasteiger partial charge in [0.1, 0.15) is 11.6 Å². The van der Waals surface area contributed by atoms with Crippen LogP contribution in [0.3, 0.4) is 0 Å². The molecule has 0 bridgehead atoms. The van der Waals surface area contributed by atoms with Gasteiger partial charge in [-0.05, 0) is 43.0 Å². The fourth-order valence-electron chi connectivity index (χ4n) is 3.11. The van der Waals surface area contributed by atoms with E-state index >= 15 is 0 Å². The lowest BCUT2D eigenvalue weighted by atomic mass is 9.91. The standard InChI is InChI=1S/C17H22N2O3S/c20-23(21,14-15-7-2-1-3-8-15)19(13-16-9-6-12-22-16)17-10-4-5-11-18-17/h4-6,9-12,15H,1-3,7-8,13-14H2. The van der Waals surface area contributed by atoms with Gasteiger partial charge in [0.15, 0.2) is 0 Å². The Morgan fingerprint density at radius 3 is 2.61 bits per heavy atom. The number of pyridine rings is 1. The Morgan fingerprint density at radius 2 is 1.96 bits per heavy atom. The molecule has 0 unspecified atom stereocenters. The third-order valence-corrected chi connectivity index (χ3v) is 6.17. The zero-order chi connectivity index (χ0) is 16.1. The van der Waals surface area contributed by atoms with Crippen molar-refractivity contribution in [2.24, 2.45) is 5.92 Å². The minimum Gasteiger partial charge on any atom is -0.467 e. The summed E-state index contributed by atoms with van der Waals surface area (Å²) in [5.74, 6) is 1.49. The molecule has 23 heavy (non-hydrogen) atoms. The first kappa shape index (κ1) is 16.1. The highest BCUT2D eigenvalue weighted by Gasteiger charge is 2.29. The molecule has 1 aliphatic rings. The summed E-state index contributed by atoms with van der Waals surface area (Å²) in [7, 11) is -3.44. The van der Waals surface area contributed by atoms with Gasteiger partial charge in [-0.1, -0.05) is 25.3 Å². The molecule has 1 fully saturated rings. The molecule has 6 heteroatoms. The van der Waals surface area contributed by atoms with E-state index in [9.17, 15) is 8.42 Å². The van der Waals surface area contributed by atoms with E-state index in [4.69, 9.17) is 4.42 Å². The van der Waals surface area contributed by atoms with Gasteiger partial charge in [0, 0.05) is 6.20 Å². The van der Waals surface area contributed by atoms with Crippen molar-refractivity contribution in [2.75, 3.05) is 10.1 Å². The summed E-state index contributed by atoms with van der Waals surface area (Å²) < 4.78 is 32.7. The molecule has 0 N–H and O–H groups in total. The number of furan rings is 1. The Morgan fingerprint density at radius 1 is 1.13 bits per heavy atom. The van der Waals surface area contributed by atoms with Gasteiger partial charge in [0.2, 0.25) is 10.0 Å². The summed E-state index contributed by atoms with van der Waals surface area (Å²) in [6, 6.07) is 8.85. The molecule has 2 heterocycles. The lowest BCUT2D eigenvalue weighted by molar-refractivity contribution is 0.384. The van der Waals surface area contributed by atoms with Crippen LogP contribution in [0.25, 0.3) is 0 Å². The maximum Gasteiger partial charge on any atom is 0.237 e. The quantitative estimate of drug-likeness (QED) is 0.810. The SMILES string of the molecule is O=S(=O)(CC1CCCCC1)N(Cc1ccco1)c1ccccn1. The van der Waals surface area contributed by atoms with Gasteiger partial charge in [-0.15, -0.1) is 0 Å². The smallest absolute Gasteiger partial charge is 0.237 e. The Labute approximate surface area is 137 Å². The molecule has 5 nitrogen and oxygen atoms in total. The normalized spacial score (nSPS) is 16.3. The number of hydrogen-bond donors (Lipinski definition) is 0. The van der Waals surface area contributed by atoms with E-state index in [1.165, 1.54) is 10.7 Å². The number of sulfonamides is 1. The van der Waals surface area contributed by atoms with E-state index < -0.39 is 10.0 Å². The van der Waals surface area contributed by atoms with Gasteiger partial charge in [0.25, 0.3) is 0 Å². The predicted octanol–water partition coefficient (Wildman–Crippen LogP) is 3.59. The second-order valence-corrected chi connectivity index (χ2v) is 7.99. The molecule has 124 valence electrons. The molecule has 1 saturated carbocycles. The molecule has 3 rings (SSSR count). The zero-order valence-corrected chi connectivity index (χ0v) is 13.9. The maximum atomic E-state index is 13.0. The van der Waals surface area contributed by atoms with Gasteiger partial charge in [-0.2, -0.15) is 0 Å². The highest BCUT2D eigenvalue weighted by Crippen LogP contribution is 2.28. The first-order valence-corrected chi connectivity index (χ1v) is 9.70. The molecule has 2 aromatic rings. The molecule has 0 amide bonds. The van der Waals surface area contributed by atoms with Crippen LogP contribution in [-0.4, -0.2) is 19.2 Å². The van der Waals surface area contributed by atoms with Crippen LogP contribution < -0.4 is 4.31 Å². The van der Waals surface area contributed by atoms with Crippen molar-refractivity contribution >= 4 is 15.8 Å². The summed E-state index contributed by atoms with van der Waals surface area (Å²) in [6.07, 6.45) is 8.63. The van der Waals surface area contributed by atoms with Crippen molar-refractivity contribution in [3.8, 4) is 0 Å². The molecule has 1 aliphatic carbocycles. The van der Waals surface area contributed by atoms with Crippen molar-refractivity contribution in [1.29, 1.82) is 0 Å². The number of rotatable bonds is 6. The zero-order valence-electron chi connectivity index (χ0n) is 13.1. The van der Waals surface area contributed by atoms with Crippen LogP contribution in [0.4, 0.5) is 5.82 Å². The predicted molar refractivity (Wildman–Crippen MR) is 89.5 cm³/mol. The van der Waals surface area contributed by atoms with Crippen molar-refractivity contribution < 1.29 is 12.8 Å². The van der Waals surface area contributed by atoms with E-state index in [2.05, 4.69) is 4.98 Å². The Bertz CT molecular complexity index is 693. The summed E-state index contributed by atoms with van der Waals surface area (Å²) in [6.45, 7) is 0.180. The van der Waals surface area contributed by atoms with Crippen LogP contribution in [0.1, 0.15) is 37.9 Å². The lowest BCUT2D eigenvalue weighted by Gasteiger charge is -2.27. The van der Waals surface area contributed by atoms with Crippen LogP contribution in [0.15, 0.2) is 47.2 Å². The summed E-state index contributed by atoms with van der Waals surface area (Å²) in [5.41, 5.74) is 0. The fourth-order valence-corrected chi connectivity index (χ4v) is 4.93. The minimum atomic E-state index is -3.44. The lowest BCUT2D eigenvalue weighted by Crippen LogP contribution is -2.35. The van der Waals surface area contributed by atoms with Crippen LogP contribution in [-0.2, 0) is 16.6 Å². The van der Waals surface area contributed by atoms with Crippen molar-refractivity contribution in [2.45, 2.75) is 38.6 Å². The molecule has 0 saturated heterocycles. The highest BCUT2D eigenvalue weighted by atomic mass is 32.2. The van der Waals surface area contributed by atoms with Crippen molar-refractivity contribution in [1.82, 2.24) is 4.98 Å². The van der Waals surface area contributed by atoms with Gasteiger partial charge >= 0.3 is 0 Å². The van der Waals surface area contributed by atoms with Gasteiger partial charge in [-0.25, -0.2) is 17.7 Å². The molecular weight excluding hydrogens is 312 g/mol. The first-order chi connectivity index (χ1) is 11.1. The highest BCUT2D eigenvalue weighted by molar-refractivity contribution is 7.92. The molecular formula is C17H22N2O3S. The van der Waals surface area contributed by atoms with E-state index in [0.29, 0.717) is 11.6 Å². The molecule has 2 aromatic heterocycles. The first-order valence-electron chi connectivity index (χ1n) is 8.09. The van der Waals surface area contributed by atoms with Crippen LogP contribution in [0, 0.1) is 5.92 Å². The number of nitrogens with zero attached hydrogens (tertiary/aromatic N) is 2. The maximum absolute atomic E-state index is 13.0. The van der Waals surface area contributed by atoms with E-state index in [1.807, 2.05) is 0 Å². The Balaban J connectivity index is 1.84. The molecule has 0 aromatic carbocycles. The van der Waals surface area contributed by atoms with Gasteiger partial charge < -0.3 is 4.42 Å². The van der Waals surface area contributed by atoms with Gasteiger partial charge in [-0.3, -0.25) is 0 Å². The summed E-state index contributed by atoms with van der Waals surface area (Å²) in [4.78, 5) is 4.22. The second kappa shape index (κ2) is 7.17. The number of hydrogen-bond acceptors (Lipinski definition) is 4. The van der Waals surface area contributed by atoms with Gasteiger partial charge in [0.05, 0.1) is 18.6 Å². The average molecular weight is 334 g/mol. The number of anilines is 1. The minimum absolute atomic E-state index is 0.180. The second-order valence-electron chi connectivity index (χ2n) is 6.06. The third kappa shape index (κ3) is 4.13. The largest absolute Gasteiger partial charge is 0.467 e. The molecule has 0 atom stereocenters. The van der Waals surface area contributed by atoms with Crippen molar-refractivity contribution in [3.63, 3.8) is 0 Å². The summed E-state index contributed by atoms with van der Waals surface area (Å²) >= 11 is 0. The van der Waals surface area contributed by atoms with Crippen LogP contribution in [0.2, 0.25) is 0 Å². The fraction of sp³-hybridized carbons (Fsp3) is 0.471. The molecule has 0 aliphatic heterocycles.